The normalized spacial score (nSPS) is 31.5. The summed E-state index contributed by atoms with van der Waals surface area (Å²) in [6.07, 6.45) is 8.02. The van der Waals surface area contributed by atoms with Gasteiger partial charge >= 0.3 is 5.97 Å². The number of allylic oxidation sites excluding steroid dienone is 1. The molecule has 0 heterocycles. The number of alkyl halides is 1. The molecule has 0 fully saturated rings. The summed E-state index contributed by atoms with van der Waals surface area (Å²) >= 11 is 6.04. The summed E-state index contributed by atoms with van der Waals surface area (Å²) in [5.74, 6) is -0.246. The van der Waals surface area contributed by atoms with E-state index in [9.17, 15) is 4.79 Å². The zero-order valence-electron chi connectivity index (χ0n) is 7.83. The summed E-state index contributed by atoms with van der Waals surface area (Å²) < 4.78 is 5.12. The monoisotopic (exact) mass is 202 g/mol. The van der Waals surface area contributed by atoms with E-state index < -0.39 is 0 Å². The van der Waals surface area contributed by atoms with E-state index in [1.807, 2.05) is 6.08 Å². The SMILES string of the molecule is CC(=O)OC1CCCC/C=C\C1Cl. The van der Waals surface area contributed by atoms with E-state index in [1.54, 1.807) is 0 Å². The Bertz CT molecular complexity index is 201. The summed E-state index contributed by atoms with van der Waals surface area (Å²) in [4.78, 5) is 10.8. The second kappa shape index (κ2) is 5.28. The van der Waals surface area contributed by atoms with Crippen LogP contribution in [0.3, 0.4) is 0 Å². The van der Waals surface area contributed by atoms with Gasteiger partial charge in [-0.25, -0.2) is 0 Å². The molecule has 2 nitrogen and oxygen atoms in total. The maximum atomic E-state index is 10.8. The number of ether oxygens (including phenoxy) is 1. The number of rotatable bonds is 1. The van der Waals surface area contributed by atoms with Gasteiger partial charge in [0.1, 0.15) is 6.10 Å². The molecule has 0 amide bonds. The fourth-order valence-corrected chi connectivity index (χ4v) is 1.73. The maximum absolute atomic E-state index is 10.8. The lowest BCUT2D eigenvalue weighted by atomic mass is 10.0. The van der Waals surface area contributed by atoms with Crippen LogP contribution in [0.25, 0.3) is 0 Å². The van der Waals surface area contributed by atoms with Gasteiger partial charge in [-0.2, -0.15) is 0 Å². The van der Waals surface area contributed by atoms with Gasteiger partial charge in [-0.3, -0.25) is 4.79 Å². The molecule has 13 heavy (non-hydrogen) atoms. The molecule has 3 heteroatoms. The minimum absolute atomic E-state index is 0.143. The van der Waals surface area contributed by atoms with E-state index in [4.69, 9.17) is 16.3 Å². The van der Waals surface area contributed by atoms with Gasteiger partial charge in [-0.1, -0.05) is 12.2 Å². The lowest BCUT2D eigenvalue weighted by Gasteiger charge is -2.21. The van der Waals surface area contributed by atoms with Crippen LogP contribution in [0.4, 0.5) is 0 Å². The summed E-state index contributed by atoms with van der Waals surface area (Å²) in [6, 6.07) is 0. The molecule has 0 bridgehead atoms. The Kier molecular flexibility index (Phi) is 4.29. The van der Waals surface area contributed by atoms with E-state index in [2.05, 4.69) is 6.08 Å². The number of hydrogen-bond acceptors (Lipinski definition) is 2. The van der Waals surface area contributed by atoms with E-state index in [1.165, 1.54) is 6.92 Å². The number of esters is 1. The summed E-state index contributed by atoms with van der Waals surface area (Å²) in [6.45, 7) is 1.42. The van der Waals surface area contributed by atoms with Gasteiger partial charge in [0.15, 0.2) is 0 Å². The largest absolute Gasteiger partial charge is 0.461 e. The van der Waals surface area contributed by atoms with Crippen molar-refractivity contribution in [1.29, 1.82) is 0 Å². The van der Waals surface area contributed by atoms with Crippen molar-refractivity contribution in [2.24, 2.45) is 0 Å². The van der Waals surface area contributed by atoms with Crippen LogP contribution in [0, 0.1) is 0 Å². The lowest BCUT2D eigenvalue weighted by Crippen LogP contribution is -2.26. The third kappa shape index (κ3) is 3.81. The smallest absolute Gasteiger partial charge is 0.302 e. The Morgan fingerprint density at radius 1 is 1.54 bits per heavy atom. The highest BCUT2D eigenvalue weighted by Crippen LogP contribution is 2.19. The minimum atomic E-state index is -0.246. The zero-order chi connectivity index (χ0) is 9.68. The minimum Gasteiger partial charge on any atom is -0.461 e. The molecule has 1 rings (SSSR count). The second-order valence-electron chi connectivity index (χ2n) is 3.30. The van der Waals surface area contributed by atoms with Crippen molar-refractivity contribution < 1.29 is 9.53 Å². The van der Waals surface area contributed by atoms with Crippen LogP contribution >= 0.6 is 11.6 Å². The summed E-state index contributed by atoms with van der Waals surface area (Å²) in [5.41, 5.74) is 0. The standard InChI is InChI=1S/C10H15ClO2/c1-8(12)13-10-7-5-3-2-4-6-9(10)11/h4,6,9-10H,2-3,5,7H2,1H3/b6-4-. The molecular weight excluding hydrogens is 188 g/mol. The predicted octanol–water partition coefficient (Wildman–Crippen LogP) is 2.66. The van der Waals surface area contributed by atoms with Gasteiger partial charge in [0, 0.05) is 6.92 Å². The Balaban J connectivity index is 2.52. The van der Waals surface area contributed by atoms with Gasteiger partial charge in [0.2, 0.25) is 0 Å². The van der Waals surface area contributed by atoms with E-state index in [0.29, 0.717) is 0 Å². The van der Waals surface area contributed by atoms with Crippen LogP contribution in [0.5, 0.6) is 0 Å². The molecule has 0 aliphatic heterocycles. The van der Waals surface area contributed by atoms with E-state index in [-0.39, 0.29) is 17.5 Å². The summed E-state index contributed by atoms with van der Waals surface area (Å²) in [7, 11) is 0. The van der Waals surface area contributed by atoms with E-state index in [0.717, 1.165) is 25.7 Å². The van der Waals surface area contributed by atoms with Crippen LogP contribution < -0.4 is 0 Å². The molecular formula is C10H15ClO2. The highest BCUT2D eigenvalue weighted by Gasteiger charge is 2.20. The molecule has 0 saturated carbocycles. The lowest BCUT2D eigenvalue weighted by molar-refractivity contribution is -0.146. The average Bonchev–Trinajstić information content (AvgIpc) is 2.04. The molecule has 74 valence electrons. The Morgan fingerprint density at radius 3 is 3.00 bits per heavy atom. The molecule has 2 atom stereocenters. The predicted molar refractivity (Wildman–Crippen MR) is 52.8 cm³/mol. The number of hydrogen-bond donors (Lipinski definition) is 0. The van der Waals surface area contributed by atoms with Gasteiger partial charge < -0.3 is 4.74 Å². The Labute approximate surface area is 83.9 Å². The van der Waals surface area contributed by atoms with Crippen molar-refractivity contribution in [3.8, 4) is 0 Å². The van der Waals surface area contributed by atoms with Crippen LogP contribution in [-0.2, 0) is 9.53 Å². The highest BCUT2D eigenvalue weighted by molar-refractivity contribution is 6.22. The molecule has 0 spiro atoms. The molecule has 1 aliphatic rings. The van der Waals surface area contributed by atoms with Crippen molar-refractivity contribution in [3.05, 3.63) is 12.2 Å². The molecule has 0 saturated heterocycles. The number of carbonyl (C=O) groups excluding carboxylic acids is 1. The van der Waals surface area contributed by atoms with Gasteiger partial charge in [0.05, 0.1) is 5.38 Å². The van der Waals surface area contributed by atoms with Crippen molar-refractivity contribution >= 4 is 17.6 Å². The van der Waals surface area contributed by atoms with Crippen molar-refractivity contribution in [3.63, 3.8) is 0 Å². The Hall–Kier alpha value is -0.500. The first-order valence-electron chi connectivity index (χ1n) is 4.68. The first kappa shape index (κ1) is 10.6. The quantitative estimate of drug-likeness (QED) is 0.371. The fraction of sp³-hybridized carbons (Fsp3) is 0.700. The summed E-state index contributed by atoms with van der Waals surface area (Å²) in [5, 5.41) is -0.163. The van der Waals surface area contributed by atoms with Crippen LogP contribution in [0.2, 0.25) is 0 Å². The average molecular weight is 203 g/mol. The fourth-order valence-electron chi connectivity index (χ4n) is 1.45. The van der Waals surface area contributed by atoms with Gasteiger partial charge in [0.25, 0.3) is 0 Å². The van der Waals surface area contributed by atoms with Crippen LogP contribution in [-0.4, -0.2) is 17.5 Å². The third-order valence-corrected chi connectivity index (χ3v) is 2.53. The molecule has 2 unspecified atom stereocenters. The molecule has 1 aliphatic carbocycles. The topological polar surface area (TPSA) is 26.3 Å². The molecule has 0 aromatic carbocycles. The van der Waals surface area contributed by atoms with E-state index >= 15 is 0 Å². The Morgan fingerprint density at radius 2 is 2.31 bits per heavy atom. The second-order valence-corrected chi connectivity index (χ2v) is 3.81. The van der Waals surface area contributed by atoms with Crippen LogP contribution in [0.1, 0.15) is 32.6 Å². The molecule has 0 N–H and O–H groups in total. The van der Waals surface area contributed by atoms with Gasteiger partial charge in [-0.05, 0) is 25.7 Å². The number of carbonyl (C=O) groups is 1. The van der Waals surface area contributed by atoms with Crippen molar-refractivity contribution in [2.45, 2.75) is 44.1 Å². The number of halogens is 1. The highest BCUT2D eigenvalue weighted by atomic mass is 35.5. The van der Waals surface area contributed by atoms with Crippen molar-refractivity contribution in [1.82, 2.24) is 0 Å². The maximum Gasteiger partial charge on any atom is 0.302 e. The van der Waals surface area contributed by atoms with Gasteiger partial charge in [-0.15, -0.1) is 11.6 Å². The molecule has 0 aromatic rings. The first-order valence-corrected chi connectivity index (χ1v) is 5.12. The zero-order valence-corrected chi connectivity index (χ0v) is 8.59. The molecule has 0 radical (unpaired) electrons. The molecule has 0 aromatic heterocycles. The van der Waals surface area contributed by atoms with Crippen molar-refractivity contribution in [2.75, 3.05) is 0 Å². The first-order chi connectivity index (χ1) is 6.20. The van der Waals surface area contributed by atoms with Crippen LogP contribution in [0.15, 0.2) is 12.2 Å². The third-order valence-electron chi connectivity index (χ3n) is 2.10.